The number of nitrogens with zero attached hydrogens (tertiary/aromatic N) is 1. The highest BCUT2D eigenvalue weighted by atomic mass is 16.5. The molecular weight excluding hydrogens is 376 g/mol. The number of rotatable bonds is 7. The second kappa shape index (κ2) is 8.47. The average molecular weight is 396 g/mol. The number of ether oxygens (including phenoxy) is 2. The van der Waals surface area contributed by atoms with Crippen LogP contribution in [0, 0.1) is 0 Å². The molecule has 0 bridgehead atoms. The van der Waals surface area contributed by atoms with E-state index in [9.17, 15) is 14.7 Å². The number of aromatic hydroxyl groups is 1. The monoisotopic (exact) mass is 396 g/mol. The normalized spacial score (nSPS) is 10.6. The number of hydrogen-bond donors (Lipinski definition) is 3. The lowest BCUT2D eigenvalue weighted by Crippen LogP contribution is -2.30. The summed E-state index contributed by atoms with van der Waals surface area (Å²) < 4.78 is 11.1. The molecule has 1 heterocycles. The topological polar surface area (TPSA) is 118 Å². The summed E-state index contributed by atoms with van der Waals surface area (Å²) in [6, 6.07) is 12.6. The summed E-state index contributed by atoms with van der Waals surface area (Å²) >= 11 is 0. The Labute approximate surface area is 166 Å². The molecule has 8 nitrogen and oxygen atoms in total. The van der Waals surface area contributed by atoms with Gasteiger partial charge in [0.15, 0.2) is 11.4 Å². The summed E-state index contributed by atoms with van der Waals surface area (Å²) in [5.41, 5.74) is 0.875. The standard InChI is InChI=1S/C21H20N2O6/c1-3-12-4-6-13(7-5-12)29-14-8-9-15-16(10-14)21(28-2)23-18(19(15)26)20(27)22-11-17(24)25/h4-10,26H,3,11H2,1-2H3,(H,22,27)(H,24,25). The summed E-state index contributed by atoms with van der Waals surface area (Å²) in [4.78, 5) is 26.8. The Morgan fingerprint density at radius 2 is 1.76 bits per heavy atom. The van der Waals surface area contributed by atoms with Gasteiger partial charge >= 0.3 is 5.97 Å². The smallest absolute Gasteiger partial charge is 0.322 e. The molecule has 0 aliphatic carbocycles. The van der Waals surface area contributed by atoms with Crippen molar-refractivity contribution < 1.29 is 29.3 Å². The summed E-state index contributed by atoms with van der Waals surface area (Å²) in [5.74, 6) is -1.14. The van der Waals surface area contributed by atoms with Gasteiger partial charge in [0.1, 0.15) is 18.0 Å². The maximum atomic E-state index is 12.2. The van der Waals surface area contributed by atoms with Crippen molar-refractivity contribution >= 4 is 22.6 Å². The number of methoxy groups -OCH3 is 1. The maximum absolute atomic E-state index is 12.2. The molecule has 150 valence electrons. The lowest BCUT2D eigenvalue weighted by Gasteiger charge is -2.13. The zero-order valence-electron chi connectivity index (χ0n) is 15.9. The van der Waals surface area contributed by atoms with Crippen LogP contribution >= 0.6 is 0 Å². The first-order chi connectivity index (χ1) is 13.9. The molecule has 1 aromatic heterocycles. The first-order valence-electron chi connectivity index (χ1n) is 8.90. The largest absolute Gasteiger partial charge is 0.505 e. The fourth-order valence-corrected chi connectivity index (χ4v) is 2.80. The molecule has 0 unspecified atom stereocenters. The van der Waals surface area contributed by atoms with Gasteiger partial charge in [-0.2, -0.15) is 0 Å². The van der Waals surface area contributed by atoms with Crippen LogP contribution in [0.2, 0.25) is 0 Å². The summed E-state index contributed by atoms with van der Waals surface area (Å²) in [5, 5.41) is 22.1. The quantitative estimate of drug-likeness (QED) is 0.561. The van der Waals surface area contributed by atoms with Gasteiger partial charge in [0.05, 0.1) is 12.5 Å². The van der Waals surface area contributed by atoms with Crippen LogP contribution in [0.4, 0.5) is 0 Å². The van der Waals surface area contributed by atoms with Crippen molar-refractivity contribution in [2.24, 2.45) is 0 Å². The molecule has 0 radical (unpaired) electrons. The van der Waals surface area contributed by atoms with Crippen molar-refractivity contribution in [3.05, 3.63) is 53.7 Å². The van der Waals surface area contributed by atoms with E-state index in [1.54, 1.807) is 18.2 Å². The summed E-state index contributed by atoms with van der Waals surface area (Å²) in [7, 11) is 1.38. The number of nitrogens with one attached hydrogen (secondary N) is 1. The predicted molar refractivity (Wildman–Crippen MR) is 106 cm³/mol. The van der Waals surface area contributed by atoms with Gasteiger partial charge in [-0.1, -0.05) is 19.1 Å². The molecule has 3 N–H and O–H groups in total. The molecule has 29 heavy (non-hydrogen) atoms. The van der Waals surface area contributed by atoms with Crippen molar-refractivity contribution in [1.29, 1.82) is 0 Å². The zero-order chi connectivity index (χ0) is 21.0. The Kier molecular flexibility index (Phi) is 5.82. The SMILES string of the molecule is CCc1ccc(Oc2ccc3c(O)c(C(=O)NCC(=O)O)nc(OC)c3c2)cc1. The van der Waals surface area contributed by atoms with Gasteiger partial charge in [-0.05, 0) is 42.3 Å². The molecule has 3 aromatic rings. The third-order valence-corrected chi connectivity index (χ3v) is 4.29. The Hall–Kier alpha value is -3.81. The van der Waals surface area contributed by atoms with Crippen LogP contribution in [0.3, 0.4) is 0 Å². The molecule has 1 amide bonds. The second-order valence-corrected chi connectivity index (χ2v) is 6.20. The number of amides is 1. The van der Waals surface area contributed by atoms with Gasteiger partial charge in [0, 0.05) is 5.39 Å². The van der Waals surface area contributed by atoms with Crippen LogP contribution < -0.4 is 14.8 Å². The maximum Gasteiger partial charge on any atom is 0.322 e. The number of carboxylic acids is 1. The minimum Gasteiger partial charge on any atom is -0.505 e. The second-order valence-electron chi connectivity index (χ2n) is 6.20. The lowest BCUT2D eigenvalue weighted by molar-refractivity contribution is -0.135. The summed E-state index contributed by atoms with van der Waals surface area (Å²) in [6.45, 7) is 1.48. The predicted octanol–water partition coefficient (Wildman–Crippen LogP) is 3.12. The number of carbonyl (C=O) groups excluding carboxylic acids is 1. The Morgan fingerprint density at radius 1 is 1.07 bits per heavy atom. The van der Waals surface area contributed by atoms with E-state index >= 15 is 0 Å². The zero-order valence-corrected chi connectivity index (χ0v) is 15.9. The minimum absolute atomic E-state index is 0.102. The van der Waals surface area contributed by atoms with Gasteiger partial charge in [0.2, 0.25) is 5.88 Å². The number of carboxylic acid groups (broad SMARTS) is 1. The van der Waals surface area contributed by atoms with Gasteiger partial charge in [-0.3, -0.25) is 9.59 Å². The van der Waals surface area contributed by atoms with E-state index in [4.69, 9.17) is 14.6 Å². The number of carbonyl (C=O) groups is 2. The first kappa shape index (κ1) is 19.9. The van der Waals surface area contributed by atoms with Crippen molar-refractivity contribution in [1.82, 2.24) is 10.3 Å². The highest BCUT2D eigenvalue weighted by Gasteiger charge is 2.20. The number of aryl methyl sites for hydroxylation is 1. The minimum atomic E-state index is -1.21. The van der Waals surface area contributed by atoms with Gasteiger partial charge in [0.25, 0.3) is 5.91 Å². The van der Waals surface area contributed by atoms with Crippen molar-refractivity contribution in [3.8, 4) is 23.1 Å². The molecule has 0 spiro atoms. The fourth-order valence-electron chi connectivity index (χ4n) is 2.80. The molecule has 0 fully saturated rings. The van der Waals surface area contributed by atoms with E-state index in [1.165, 1.54) is 12.7 Å². The molecule has 0 saturated carbocycles. The van der Waals surface area contributed by atoms with E-state index < -0.39 is 18.4 Å². The molecule has 2 aromatic carbocycles. The number of pyridine rings is 1. The van der Waals surface area contributed by atoms with Crippen molar-refractivity contribution in [3.63, 3.8) is 0 Å². The van der Waals surface area contributed by atoms with Gasteiger partial charge < -0.3 is 25.0 Å². The molecule has 0 aliphatic heterocycles. The van der Waals surface area contributed by atoms with Crippen LogP contribution in [0.25, 0.3) is 10.8 Å². The van der Waals surface area contributed by atoms with Crippen molar-refractivity contribution in [2.45, 2.75) is 13.3 Å². The van der Waals surface area contributed by atoms with E-state index in [-0.39, 0.29) is 17.3 Å². The number of benzene rings is 2. The third kappa shape index (κ3) is 4.37. The molecule has 0 aliphatic rings. The molecule has 0 saturated heterocycles. The Bertz CT molecular complexity index is 1060. The molecule has 8 heteroatoms. The van der Waals surface area contributed by atoms with Gasteiger partial charge in [-0.25, -0.2) is 4.98 Å². The van der Waals surface area contributed by atoms with Gasteiger partial charge in [-0.15, -0.1) is 0 Å². The first-order valence-corrected chi connectivity index (χ1v) is 8.90. The third-order valence-electron chi connectivity index (χ3n) is 4.29. The number of aliphatic carboxylic acids is 1. The van der Waals surface area contributed by atoms with Crippen LogP contribution in [-0.4, -0.2) is 40.7 Å². The van der Waals surface area contributed by atoms with E-state index in [0.29, 0.717) is 22.3 Å². The molecular formula is C21H20N2O6. The Balaban J connectivity index is 1.96. The average Bonchev–Trinajstić information content (AvgIpc) is 2.73. The lowest BCUT2D eigenvalue weighted by atomic mass is 10.1. The van der Waals surface area contributed by atoms with Crippen LogP contribution in [0.15, 0.2) is 42.5 Å². The number of hydrogen-bond acceptors (Lipinski definition) is 6. The van der Waals surface area contributed by atoms with E-state index in [2.05, 4.69) is 17.2 Å². The number of fused-ring (bicyclic) bond motifs is 1. The van der Waals surface area contributed by atoms with Crippen LogP contribution in [0.1, 0.15) is 23.0 Å². The highest BCUT2D eigenvalue weighted by Crippen LogP contribution is 2.36. The Morgan fingerprint density at radius 3 is 2.38 bits per heavy atom. The van der Waals surface area contributed by atoms with Crippen LogP contribution in [-0.2, 0) is 11.2 Å². The summed E-state index contributed by atoms with van der Waals surface area (Å²) in [6.07, 6.45) is 0.931. The van der Waals surface area contributed by atoms with Crippen LogP contribution in [0.5, 0.6) is 23.1 Å². The molecule has 3 rings (SSSR count). The fraction of sp³-hybridized carbons (Fsp3) is 0.190. The number of aromatic nitrogens is 1. The van der Waals surface area contributed by atoms with E-state index in [1.807, 2.05) is 24.3 Å². The van der Waals surface area contributed by atoms with E-state index in [0.717, 1.165) is 6.42 Å². The molecule has 0 atom stereocenters. The highest BCUT2D eigenvalue weighted by molar-refractivity contribution is 6.04. The van der Waals surface area contributed by atoms with Crippen molar-refractivity contribution in [2.75, 3.05) is 13.7 Å².